The molecule has 0 aliphatic rings. The maximum Gasteiger partial charge on any atom is 0.259 e. The number of carbonyl (C=O) groups is 1. The zero-order chi connectivity index (χ0) is 14.0. The van der Waals surface area contributed by atoms with Crippen molar-refractivity contribution >= 4 is 28.9 Å². The first-order valence-electron chi connectivity index (χ1n) is 5.60. The molecule has 0 fully saturated rings. The first-order valence-corrected chi connectivity index (χ1v) is 5.98. The van der Waals surface area contributed by atoms with Gasteiger partial charge in [-0.1, -0.05) is 17.7 Å². The highest BCUT2D eigenvalue weighted by atomic mass is 35.5. The summed E-state index contributed by atoms with van der Waals surface area (Å²) in [6.07, 6.45) is 0. The highest BCUT2D eigenvalue weighted by Crippen LogP contribution is 2.23. The Kier molecular flexibility index (Phi) is 3.71. The van der Waals surface area contributed by atoms with E-state index in [1.807, 2.05) is 0 Å². The summed E-state index contributed by atoms with van der Waals surface area (Å²) in [6.45, 7) is 1.62. The van der Waals surface area contributed by atoms with Gasteiger partial charge in [0, 0.05) is 11.4 Å². The molecule has 1 amide bonds. The van der Waals surface area contributed by atoms with Crippen LogP contribution >= 0.6 is 11.6 Å². The molecular weight excluding hydrogens is 267 g/mol. The summed E-state index contributed by atoms with van der Waals surface area (Å²) in [6, 6.07) is 9.16. The maximum absolute atomic E-state index is 13.1. The van der Waals surface area contributed by atoms with E-state index in [4.69, 9.17) is 17.3 Å². The Bertz CT molecular complexity index is 623. The number of nitrogen functional groups attached to an aromatic ring is 1. The first kappa shape index (κ1) is 13.4. The Hall–Kier alpha value is -2.07. The van der Waals surface area contributed by atoms with E-state index in [0.717, 1.165) is 0 Å². The molecule has 3 nitrogen and oxygen atoms in total. The summed E-state index contributed by atoms with van der Waals surface area (Å²) in [5, 5.41) is 2.91. The van der Waals surface area contributed by atoms with Crippen LogP contribution in [0.4, 0.5) is 15.8 Å². The summed E-state index contributed by atoms with van der Waals surface area (Å²) < 4.78 is 13.1. The van der Waals surface area contributed by atoms with Crippen molar-refractivity contribution in [2.24, 2.45) is 0 Å². The van der Waals surface area contributed by atoms with Crippen LogP contribution in [0, 0.1) is 12.7 Å². The molecule has 0 unspecified atom stereocenters. The van der Waals surface area contributed by atoms with Crippen molar-refractivity contribution < 1.29 is 9.18 Å². The van der Waals surface area contributed by atoms with Gasteiger partial charge in [-0.3, -0.25) is 4.79 Å². The van der Waals surface area contributed by atoms with E-state index in [1.54, 1.807) is 31.2 Å². The molecule has 0 heterocycles. The van der Waals surface area contributed by atoms with Crippen molar-refractivity contribution in [3.8, 4) is 0 Å². The predicted octanol–water partition coefficient (Wildman–Crippen LogP) is 3.62. The molecule has 0 aliphatic carbocycles. The van der Waals surface area contributed by atoms with Crippen LogP contribution in [0.15, 0.2) is 36.4 Å². The van der Waals surface area contributed by atoms with Gasteiger partial charge in [-0.2, -0.15) is 0 Å². The molecule has 0 saturated carbocycles. The molecule has 3 N–H and O–H groups in total. The van der Waals surface area contributed by atoms with Crippen LogP contribution in [0.3, 0.4) is 0 Å². The molecule has 98 valence electrons. The van der Waals surface area contributed by atoms with E-state index in [-0.39, 0.29) is 16.4 Å². The third kappa shape index (κ3) is 2.85. The molecular formula is C14H12ClFN2O. The van der Waals surface area contributed by atoms with E-state index >= 15 is 0 Å². The first-order chi connectivity index (χ1) is 8.99. The van der Waals surface area contributed by atoms with Crippen molar-refractivity contribution in [3.05, 3.63) is 58.4 Å². The molecule has 0 aliphatic heterocycles. The number of amides is 1. The fraction of sp³-hybridized carbons (Fsp3) is 0.0714. The molecule has 0 spiro atoms. The quantitative estimate of drug-likeness (QED) is 0.824. The molecule has 0 radical (unpaired) electrons. The molecule has 0 aromatic heterocycles. The Morgan fingerprint density at radius 2 is 2.05 bits per heavy atom. The van der Waals surface area contributed by atoms with Crippen LogP contribution < -0.4 is 11.1 Å². The number of hydrogen-bond acceptors (Lipinski definition) is 2. The third-order valence-electron chi connectivity index (χ3n) is 2.69. The maximum atomic E-state index is 13.1. The van der Waals surface area contributed by atoms with Gasteiger partial charge in [-0.05, 0) is 42.8 Å². The lowest BCUT2D eigenvalue weighted by Gasteiger charge is -2.09. The van der Waals surface area contributed by atoms with Crippen LogP contribution in [0.1, 0.15) is 15.9 Å². The minimum Gasteiger partial charge on any atom is -0.398 e. The second-order valence-corrected chi connectivity index (χ2v) is 4.53. The topological polar surface area (TPSA) is 55.1 Å². The average Bonchev–Trinajstić information content (AvgIpc) is 2.33. The molecule has 2 rings (SSSR count). The summed E-state index contributed by atoms with van der Waals surface area (Å²) in [4.78, 5) is 12.1. The molecule has 19 heavy (non-hydrogen) atoms. The molecule has 0 atom stereocenters. The predicted molar refractivity (Wildman–Crippen MR) is 75.0 cm³/mol. The summed E-state index contributed by atoms with van der Waals surface area (Å²) in [7, 11) is 0. The molecule has 0 bridgehead atoms. The number of halogens is 2. The number of aryl methyl sites for hydroxylation is 1. The fourth-order valence-electron chi connectivity index (χ4n) is 1.70. The zero-order valence-corrected chi connectivity index (χ0v) is 11.0. The molecule has 0 saturated heterocycles. The highest BCUT2D eigenvalue weighted by Gasteiger charge is 2.14. The third-order valence-corrected chi connectivity index (χ3v) is 3.00. The standard InChI is InChI=1S/C14H12ClFN2O/c1-8-7-9(5-6-11(8)16)18-14(19)13-10(15)3-2-4-12(13)17/h2-7H,17H2,1H3,(H,18,19). The van der Waals surface area contributed by atoms with Crippen molar-refractivity contribution in [1.82, 2.24) is 0 Å². The summed E-state index contributed by atoms with van der Waals surface area (Å²) in [5.74, 6) is -0.746. The number of nitrogens with one attached hydrogen (secondary N) is 1. The van der Waals surface area contributed by atoms with E-state index < -0.39 is 5.91 Å². The summed E-state index contributed by atoms with van der Waals surface area (Å²) >= 11 is 5.95. The highest BCUT2D eigenvalue weighted by molar-refractivity contribution is 6.35. The largest absolute Gasteiger partial charge is 0.398 e. The van der Waals surface area contributed by atoms with Crippen molar-refractivity contribution in [3.63, 3.8) is 0 Å². The van der Waals surface area contributed by atoms with Gasteiger partial charge in [0.05, 0.1) is 10.6 Å². The minimum absolute atomic E-state index is 0.214. The van der Waals surface area contributed by atoms with Crippen LogP contribution in [0.2, 0.25) is 5.02 Å². The number of hydrogen-bond donors (Lipinski definition) is 2. The van der Waals surface area contributed by atoms with Crippen molar-refractivity contribution in [2.75, 3.05) is 11.1 Å². The molecule has 5 heteroatoms. The lowest BCUT2D eigenvalue weighted by Crippen LogP contribution is -2.14. The second kappa shape index (κ2) is 5.28. The van der Waals surface area contributed by atoms with Gasteiger partial charge in [0.25, 0.3) is 5.91 Å². The fourth-order valence-corrected chi connectivity index (χ4v) is 1.96. The lowest BCUT2D eigenvalue weighted by atomic mass is 10.1. The van der Waals surface area contributed by atoms with Crippen molar-refractivity contribution in [1.29, 1.82) is 0 Å². The molecule has 2 aromatic rings. The van der Waals surface area contributed by atoms with Gasteiger partial charge < -0.3 is 11.1 Å². The number of anilines is 2. The van der Waals surface area contributed by atoms with Crippen molar-refractivity contribution in [2.45, 2.75) is 6.92 Å². The zero-order valence-electron chi connectivity index (χ0n) is 10.2. The Balaban J connectivity index is 2.28. The summed E-state index contributed by atoms with van der Waals surface area (Å²) in [5.41, 5.74) is 7.17. The van der Waals surface area contributed by atoms with Gasteiger partial charge in [0.1, 0.15) is 5.82 Å². The number of benzene rings is 2. The number of carbonyl (C=O) groups excluding carboxylic acids is 1. The Morgan fingerprint density at radius 3 is 2.68 bits per heavy atom. The van der Waals surface area contributed by atoms with Gasteiger partial charge in [-0.15, -0.1) is 0 Å². The lowest BCUT2D eigenvalue weighted by molar-refractivity contribution is 0.102. The van der Waals surface area contributed by atoms with E-state index in [9.17, 15) is 9.18 Å². The normalized spacial score (nSPS) is 10.3. The minimum atomic E-state index is -0.422. The van der Waals surface area contributed by atoms with Gasteiger partial charge in [0.2, 0.25) is 0 Å². The number of rotatable bonds is 2. The second-order valence-electron chi connectivity index (χ2n) is 4.12. The SMILES string of the molecule is Cc1cc(NC(=O)c2c(N)cccc2Cl)ccc1F. The Labute approximate surface area is 115 Å². The average molecular weight is 279 g/mol. The van der Waals surface area contributed by atoms with Crippen LogP contribution in [-0.2, 0) is 0 Å². The van der Waals surface area contributed by atoms with Crippen LogP contribution in [-0.4, -0.2) is 5.91 Å². The van der Waals surface area contributed by atoms with Gasteiger partial charge in [0.15, 0.2) is 0 Å². The van der Waals surface area contributed by atoms with E-state index in [0.29, 0.717) is 16.9 Å². The van der Waals surface area contributed by atoms with E-state index in [2.05, 4.69) is 5.32 Å². The number of nitrogens with two attached hydrogens (primary N) is 1. The van der Waals surface area contributed by atoms with Gasteiger partial charge >= 0.3 is 0 Å². The monoisotopic (exact) mass is 278 g/mol. The molecule has 2 aromatic carbocycles. The van der Waals surface area contributed by atoms with Gasteiger partial charge in [-0.25, -0.2) is 4.39 Å². The Morgan fingerprint density at radius 1 is 1.32 bits per heavy atom. The van der Waals surface area contributed by atoms with Crippen LogP contribution in [0.25, 0.3) is 0 Å². The smallest absolute Gasteiger partial charge is 0.259 e. The van der Waals surface area contributed by atoms with E-state index in [1.165, 1.54) is 12.1 Å². The van der Waals surface area contributed by atoms with Crippen LogP contribution in [0.5, 0.6) is 0 Å².